The van der Waals surface area contributed by atoms with Crippen LogP contribution in [0.3, 0.4) is 0 Å². The molecule has 1 aromatic carbocycles. The maximum Gasteiger partial charge on any atom is 0.0736 e. The van der Waals surface area contributed by atoms with Crippen LogP contribution < -0.4 is 0 Å². The second-order valence-corrected chi connectivity index (χ2v) is 4.89. The minimum atomic E-state index is 0.500. The van der Waals surface area contributed by atoms with Gasteiger partial charge in [-0.25, -0.2) is 0 Å². The van der Waals surface area contributed by atoms with Crippen molar-refractivity contribution in [2.45, 2.75) is 33.6 Å². The topological polar surface area (TPSA) is 12.9 Å². The van der Waals surface area contributed by atoms with E-state index in [1.807, 2.05) is 12.3 Å². The van der Waals surface area contributed by atoms with Gasteiger partial charge < -0.3 is 0 Å². The lowest BCUT2D eigenvalue weighted by Crippen LogP contribution is -1.95. The highest BCUT2D eigenvalue weighted by Crippen LogP contribution is 2.28. The van der Waals surface area contributed by atoms with Crippen molar-refractivity contribution in [3.63, 3.8) is 0 Å². The molecule has 0 saturated carbocycles. The van der Waals surface area contributed by atoms with Crippen LogP contribution in [0.25, 0.3) is 11.3 Å². The van der Waals surface area contributed by atoms with E-state index in [2.05, 4.69) is 56.9 Å². The van der Waals surface area contributed by atoms with E-state index in [1.54, 1.807) is 0 Å². The predicted molar refractivity (Wildman–Crippen MR) is 73.2 cm³/mol. The van der Waals surface area contributed by atoms with Crippen LogP contribution >= 0.6 is 0 Å². The lowest BCUT2D eigenvalue weighted by Gasteiger charge is -2.12. The monoisotopic (exact) mass is 225 g/mol. The van der Waals surface area contributed by atoms with Crippen molar-refractivity contribution in [3.8, 4) is 11.3 Å². The first-order valence-electron chi connectivity index (χ1n) is 6.12. The van der Waals surface area contributed by atoms with Crippen molar-refractivity contribution in [1.29, 1.82) is 0 Å². The van der Waals surface area contributed by atoms with Crippen LogP contribution in [0.2, 0.25) is 0 Å². The summed E-state index contributed by atoms with van der Waals surface area (Å²) in [4.78, 5) is 4.54. The van der Waals surface area contributed by atoms with E-state index in [-0.39, 0.29) is 0 Å². The molecule has 0 amide bonds. The number of nitrogens with zero attached hydrogens (tertiary/aromatic N) is 1. The van der Waals surface area contributed by atoms with Crippen LogP contribution in [0.1, 0.15) is 36.5 Å². The fraction of sp³-hybridized carbons (Fsp3) is 0.312. The largest absolute Gasteiger partial charge is 0.256 e. The third-order valence-corrected chi connectivity index (χ3v) is 3.24. The van der Waals surface area contributed by atoms with Crippen LogP contribution in [-0.2, 0) is 0 Å². The number of rotatable bonds is 2. The molecular weight excluding hydrogens is 206 g/mol. The zero-order chi connectivity index (χ0) is 12.4. The summed E-state index contributed by atoms with van der Waals surface area (Å²) in [6.45, 7) is 8.71. The lowest BCUT2D eigenvalue weighted by molar-refractivity contribution is 0.861. The van der Waals surface area contributed by atoms with Crippen LogP contribution in [0.15, 0.2) is 36.5 Å². The Morgan fingerprint density at radius 3 is 2.41 bits per heavy atom. The van der Waals surface area contributed by atoms with Gasteiger partial charge in [-0.1, -0.05) is 32.0 Å². The summed E-state index contributed by atoms with van der Waals surface area (Å²) in [6.07, 6.45) is 1.87. The van der Waals surface area contributed by atoms with E-state index < -0.39 is 0 Å². The van der Waals surface area contributed by atoms with E-state index >= 15 is 0 Å². The fourth-order valence-corrected chi connectivity index (χ4v) is 2.01. The Morgan fingerprint density at radius 1 is 1.00 bits per heavy atom. The molecule has 1 nitrogen and oxygen atoms in total. The van der Waals surface area contributed by atoms with Gasteiger partial charge in [-0.3, -0.25) is 4.98 Å². The number of benzene rings is 1. The molecule has 0 atom stereocenters. The zero-order valence-corrected chi connectivity index (χ0v) is 11.0. The summed E-state index contributed by atoms with van der Waals surface area (Å²) in [7, 11) is 0. The van der Waals surface area contributed by atoms with Gasteiger partial charge in [0, 0.05) is 11.8 Å². The highest BCUT2D eigenvalue weighted by atomic mass is 14.7. The molecule has 0 radical (unpaired) electrons. The van der Waals surface area contributed by atoms with Crippen molar-refractivity contribution in [2.24, 2.45) is 0 Å². The Hall–Kier alpha value is -1.63. The van der Waals surface area contributed by atoms with Gasteiger partial charge in [-0.2, -0.15) is 0 Å². The maximum atomic E-state index is 4.54. The number of aryl methyl sites for hydroxylation is 2. The van der Waals surface area contributed by atoms with Crippen LogP contribution in [0.4, 0.5) is 0 Å². The van der Waals surface area contributed by atoms with Gasteiger partial charge in [0.05, 0.1) is 5.69 Å². The predicted octanol–water partition coefficient (Wildman–Crippen LogP) is 4.49. The fourth-order valence-electron chi connectivity index (χ4n) is 2.01. The summed E-state index contributed by atoms with van der Waals surface area (Å²) < 4.78 is 0. The number of hydrogen-bond donors (Lipinski definition) is 0. The molecule has 1 heteroatoms. The first-order chi connectivity index (χ1) is 8.09. The molecule has 0 aliphatic heterocycles. The Kier molecular flexibility index (Phi) is 3.28. The van der Waals surface area contributed by atoms with E-state index in [9.17, 15) is 0 Å². The standard InChI is InChI=1S/C16H19N/c1-11(2)15-6-5-9-17-16(15)14-8-7-12(3)13(4)10-14/h5-11H,1-4H3. The van der Waals surface area contributed by atoms with Gasteiger partial charge in [-0.05, 0) is 48.6 Å². The quantitative estimate of drug-likeness (QED) is 0.734. The van der Waals surface area contributed by atoms with Crippen LogP contribution in [0, 0.1) is 13.8 Å². The molecule has 0 spiro atoms. The van der Waals surface area contributed by atoms with E-state index in [4.69, 9.17) is 0 Å². The molecule has 0 aliphatic rings. The van der Waals surface area contributed by atoms with E-state index in [1.165, 1.54) is 22.3 Å². The van der Waals surface area contributed by atoms with E-state index in [0.29, 0.717) is 5.92 Å². The van der Waals surface area contributed by atoms with E-state index in [0.717, 1.165) is 5.69 Å². The molecule has 2 rings (SSSR count). The third kappa shape index (κ3) is 2.38. The van der Waals surface area contributed by atoms with Gasteiger partial charge in [0.25, 0.3) is 0 Å². The molecular formula is C16H19N. The Morgan fingerprint density at radius 2 is 1.76 bits per heavy atom. The van der Waals surface area contributed by atoms with Gasteiger partial charge in [0.2, 0.25) is 0 Å². The van der Waals surface area contributed by atoms with Crippen molar-refractivity contribution in [2.75, 3.05) is 0 Å². The van der Waals surface area contributed by atoms with Crippen molar-refractivity contribution in [3.05, 3.63) is 53.2 Å². The van der Waals surface area contributed by atoms with Crippen LogP contribution in [-0.4, -0.2) is 4.98 Å². The summed E-state index contributed by atoms with van der Waals surface area (Å²) in [5, 5.41) is 0. The average Bonchev–Trinajstić information content (AvgIpc) is 2.32. The first-order valence-corrected chi connectivity index (χ1v) is 6.12. The molecule has 17 heavy (non-hydrogen) atoms. The summed E-state index contributed by atoms with van der Waals surface area (Å²) in [5.74, 6) is 0.500. The second kappa shape index (κ2) is 4.70. The minimum Gasteiger partial charge on any atom is -0.256 e. The Balaban J connectivity index is 2.56. The normalized spacial score (nSPS) is 10.9. The number of pyridine rings is 1. The minimum absolute atomic E-state index is 0.500. The van der Waals surface area contributed by atoms with Gasteiger partial charge in [0.1, 0.15) is 0 Å². The highest BCUT2D eigenvalue weighted by molar-refractivity contribution is 5.65. The SMILES string of the molecule is Cc1ccc(-c2ncccc2C(C)C)cc1C. The third-order valence-electron chi connectivity index (χ3n) is 3.24. The number of hydrogen-bond acceptors (Lipinski definition) is 1. The zero-order valence-electron chi connectivity index (χ0n) is 11.0. The Bertz CT molecular complexity index is 527. The molecule has 0 bridgehead atoms. The molecule has 1 aromatic heterocycles. The van der Waals surface area contributed by atoms with Gasteiger partial charge in [0.15, 0.2) is 0 Å². The molecule has 0 fully saturated rings. The molecule has 0 saturated heterocycles. The molecule has 0 unspecified atom stereocenters. The molecule has 1 heterocycles. The van der Waals surface area contributed by atoms with Gasteiger partial charge >= 0.3 is 0 Å². The van der Waals surface area contributed by atoms with Crippen LogP contribution in [0.5, 0.6) is 0 Å². The highest BCUT2D eigenvalue weighted by Gasteiger charge is 2.09. The van der Waals surface area contributed by atoms with Crippen molar-refractivity contribution in [1.82, 2.24) is 4.98 Å². The van der Waals surface area contributed by atoms with Gasteiger partial charge in [-0.15, -0.1) is 0 Å². The van der Waals surface area contributed by atoms with Crippen molar-refractivity contribution >= 4 is 0 Å². The number of aromatic nitrogens is 1. The van der Waals surface area contributed by atoms with Crippen molar-refractivity contribution < 1.29 is 0 Å². The molecule has 0 aliphatic carbocycles. The summed E-state index contributed by atoms with van der Waals surface area (Å²) >= 11 is 0. The molecule has 0 N–H and O–H groups in total. The maximum absolute atomic E-state index is 4.54. The second-order valence-electron chi connectivity index (χ2n) is 4.89. The molecule has 88 valence electrons. The Labute approximate surface area is 104 Å². The smallest absolute Gasteiger partial charge is 0.0736 e. The average molecular weight is 225 g/mol. The summed E-state index contributed by atoms with van der Waals surface area (Å²) in [5.41, 5.74) is 6.30. The molecule has 2 aromatic rings. The lowest BCUT2D eigenvalue weighted by atomic mass is 9.95. The first kappa shape index (κ1) is 11.8. The summed E-state index contributed by atoms with van der Waals surface area (Å²) in [6, 6.07) is 10.7.